The largest absolute Gasteiger partial charge is 0.496 e. The molecule has 0 amide bonds. The first-order chi connectivity index (χ1) is 13.6. The van der Waals surface area contributed by atoms with E-state index in [0.29, 0.717) is 11.4 Å². The minimum Gasteiger partial charge on any atom is -0.496 e. The highest BCUT2D eigenvalue weighted by molar-refractivity contribution is 7.98. The number of nitrogens with zero attached hydrogens (tertiary/aromatic N) is 5. The lowest BCUT2D eigenvalue weighted by atomic mass is 10.1. The van der Waals surface area contributed by atoms with E-state index in [4.69, 9.17) is 4.74 Å². The fourth-order valence-corrected chi connectivity index (χ4v) is 4.05. The number of fused-ring (bicyclic) bond motifs is 1. The molecule has 4 rings (SSSR count). The maximum atomic E-state index is 13.2. The lowest BCUT2D eigenvalue weighted by molar-refractivity contribution is 0.407. The molecule has 0 fully saturated rings. The summed E-state index contributed by atoms with van der Waals surface area (Å²) >= 11 is 1.57. The maximum absolute atomic E-state index is 13.2. The van der Waals surface area contributed by atoms with Crippen LogP contribution >= 0.6 is 11.8 Å². The van der Waals surface area contributed by atoms with E-state index in [0.717, 1.165) is 38.7 Å². The Kier molecular flexibility index (Phi) is 4.95. The highest BCUT2D eigenvalue weighted by atomic mass is 32.2. The van der Waals surface area contributed by atoms with Gasteiger partial charge in [-0.05, 0) is 38.1 Å². The van der Waals surface area contributed by atoms with Crippen LogP contribution in [0, 0.1) is 19.7 Å². The molecular weight excluding hydrogens is 377 g/mol. The van der Waals surface area contributed by atoms with Crippen LogP contribution in [-0.4, -0.2) is 31.8 Å². The van der Waals surface area contributed by atoms with Crippen LogP contribution in [0.15, 0.2) is 48.0 Å². The van der Waals surface area contributed by atoms with Crippen LogP contribution < -0.4 is 4.74 Å². The molecule has 0 aliphatic heterocycles. The molecular formula is C20H18FN5OS. The Morgan fingerprint density at radius 1 is 1.07 bits per heavy atom. The van der Waals surface area contributed by atoms with Gasteiger partial charge < -0.3 is 4.74 Å². The number of rotatable bonds is 5. The van der Waals surface area contributed by atoms with Gasteiger partial charge >= 0.3 is 0 Å². The van der Waals surface area contributed by atoms with Gasteiger partial charge in [0, 0.05) is 23.1 Å². The van der Waals surface area contributed by atoms with Gasteiger partial charge in [-0.2, -0.15) is 5.10 Å². The monoisotopic (exact) mass is 395 g/mol. The van der Waals surface area contributed by atoms with Crippen molar-refractivity contribution in [3.05, 3.63) is 65.6 Å². The summed E-state index contributed by atoms with van der Waals surface area (Å²) in [4.78, 5) is 13.3. The minimum absolute atomic E-state index is 0.289. The number of benzene rings is 1. The van der Waals surface area contributed by atoms with Crippen LogP contribution in [-0.2, 0) is 5.75 Å². The SMILES string of the molecule is COc1c(C)cnc(CSc2ncnc3c2cnn3-c2ccc(F)cc2)c1C. The van der Waals surface area contributed by atoms with Crippen LogP contribution in [0.1, 0.15) is 16.8 Å². The van der Waals surface area contributed by atoms with Crippen molar-refractivity contribution in [2.24, 2.45) is 0 Å². The summed E-state index contributed by atoms with van der Waals surface area (Å²) in [6, 6.07) is 6.14. The van der Waals surface area contributed by atoms with Crippen molar-refractivity contribution >= 4 is 22.8 Å². The standard InChI is InChI=1S/C20H18FN5OS/c1-12-8-22-17(13(2)18(12)27-3)10-28-20-16-9-25-26(19(16)23-11-24-20)15-6-4-14(21)5-7-15/h4-9,11H,10H2,1-3H3. The summed E-state index contributed by atoms with van der Waals surface area (Å²) in [5, 5.41) is 6.07. The van der Waals surface area contributed by atoms with Crippen molar-refractivity contribution in [2.75, 3.05) is 7.11 Å². The molecule has 8 heteroatoms. The Labute approximate surface area is 165 Å². The number of aryl methyl sites for hydroxylation is 1. The molecule has 0 spiro atoms. The van der Waals surface area contributed by atoms with Crippen molar-refractivity contribution in [1.82, 2.24) is 24.7 Å². The molecule has 0 aliphatic carbocycles. The molecule has 0 saturated carbocycles. The first-order valence-corrected chi connectivity index (χ1v) is 9.63. The fourth-order valence-electron chi connectivity index (χ4n) is 3.06. The molecule has 0 saturated heterocycles. The van der Waals surface area contributed by atoms with Crippen molar-refractivity contribution in [2.45, 2.75) is 24.6 Å². The van der Waals surface area contributed by atoms with Crippen LogP contribution in [0.3, 0.4) is 0 Å². The number of hydrogen-bond donors (Lipinski definition) is 0. The summed E-state index contributed by atoms with van der Waals surface area (Å²) in [6.45, 7) is 3.99. The van der Waals surface area contributed by atoms with Gasteiger partial charge in [-0.25, -0.2) is 19.0 Å². The Bertz CT molecular complexity index is 1140. The molecule has 3 aromatic heterocycles. The number of ether oxygens (including phenoxy) is 1. The molecule has 28 heavy (non-hydrogen) atoms. The number of pyridine rings is 1. The Morgan fingerprint density at radius 3 is 2.61 bits per heavy atom. The quantitative estimate of drug-likeness (QED) is 0.371. The van der Waals surface area contributed by atoms with Gasteiger partial charge in [-0.3, -0.25) is 4.98 Å². The zero-order valence-corrected chi connectivity index (χ0v) is 16.5. The molecule has 0 atom stereocenters. The molecule has 0 radical (unpaired) electrons. The molecule has 0 bridgehead atoms. The predicted octanol–water partition coefficient (Wildman–Crippen LogP) is 4.27. The van der Waals surface area contributed by atoms with Crippen LogP contribution in [0.5, 0.6) is 5.75 Å². The third-order valence-corrected chi connectivity index (χ3v) is 5.51. The predicted molar refractivity (Wildman–Crippen MR) is 106 cm³/mol. The Hall–Kier alpha value is -3.00. The van der Waals surface area contributed by atoms with Gasteiger partial charge in [0.25, 0.3) is 0 Å². The average molecular weight is 395 g/mol. The zero-order chi connectivity index (χ0) is 19.7. The van der Waals surface area contributed by atoms with E-state index in [1.165, 1.54) is 18.5 Å². The molecule has 6 nitrogen and oxygen atoms in total. The molecule has 0 N–H and O–H groups in total. The van der Waals surface area contributed by atoms with Gasteiger partial charge in [0.05, 0.1) is 30.1 Å². The number of methoxy groups -OCH3 is 1. The molecule has 142 valence electrons. The normalized spacial score (nSPS) is 11.1. The van der Waals surface area contributed by atoms with Gasteiger partial charge in [-0.1, -0.05) is 11.8 Å². The zero-order valence-electron chi connectivity index (χ0n) is 15.7. The lowest BCUT2D eigenvalue weighted by Crippen LogP contribution is -1.99. The maximum Gasteiger partial charge on any atom is 0.167 e. The third-order valence-electron chi connectivity index (χ3n) is 4.50. The third kappa shape index (κ3) is 3.31. The van der Waals surface area contributed by atoms with E-state index in [1.807, 2.05) is 20.0 Å². The number of aromatic nitrogens is 5. The van der Waals surface area contributed by atoms with Crippen molar-refractivity contribution in [3.8, 4) is 11.4 Å². The summed E-state index contributed by atoms with van der Waals surface area (Å²) in [5.41, 5.74) is 4.41. The summed E-state index contributed by atoms with van der Waals surface area (Å²) < 4.78 is 20.4. The van der Waals surface area contributed by atoms with E-state index < -0.39 is 0 Å². The number of hydrogen-bond acceptors (Lipinski definition) is 6. The molecule has 4 aromatic rings. The second-order valence-electron chi connectivity index (χ2n) is 6.28. The Balaban J connectivity index is 1.65. The topological polar surface area (TPSA) is 65.7 Å². The second kappa shape index (κ2) is 7.55. The van der Waals surface area contributed by atoms with Crippen molar-refractivity contribution in [3.63, 3.8) is 0 Å². The van der Waals surface area contributed by atoms with E-state index >= 15 is 0 Å². The molecule has 3 heterocycles. The smallest absolute Gasteiger partial charge is 0.167 e. The number of thioether (sulfide) groups is 1. The molecule has 0 aliphatic rings. The van der Waals surface area contributed by atoms with Gasteiger partial charge in [0.1, 0.15) is 22.9 Å². The van der Waals surface area contributed by atoms with Crippen LogP contribution in [0.4, 0.5) is 4.39 Å². The number of halogens is 1. The highest BCUT2D eigenvalue weighted by Crippen LogP contribution is 2.31. The van der Waals surface area contributed by atoms with Gasteiger partial charge in [0.15, 0.2) is 5.65 Å². The van der Waals surface area contributed by atoms with E-state index in [-0.39, 0.29) is 5.82 Å². The van der Waals surface area contributed by atoms with Crippen molar-refractivity contribution in [1.29, 1.82) is 0 Å². The average Bonchev–Trinajstić information content (AvgIpc) is 3.13. The molecule has 1 aromatic carbocycles. The lowest BCUT2D eigenvalue weighted by Gasteiger charge is -2.12. The van der Waals surface area contributed by atoms with Gasteiger partial charge in [-0.15, -0.1) is 0 Å². The fraction of sp³-hybridized carbons (Fsp3) is 0.200. The van der Waals surface area contributed by atoms with Crippen LogP contribution in [0.2, 0.25) is 0 Å². The van der Waals surface area contributed by atoms with Gasteiger partial charge in [0.2, 0.25) is 0 Å². The van der Waals surface area contributed by atoms with E-state index in [1.54, 1.807) is 41.9 Å². The summed E-state index contributed by atoms with van der Waals surface area (Å²) in [7, 11) is 1.67. The first-order valence-electron chi connectivity index (χ1n) is 8.65. The molecule has 0 unspecified atom stereocenters. The van der Waals surface area contributed by atoms with Crippen molar-refractivity contribution < 1.29 is 9.13 Å². The minimum atomic E-state index is -0.289. The second-order valence-corrected chi connectivity index (χ2v) is 7.25. The highest BCUT2D eigenvalue weighted by Gasteiger charge is 2.14. The Morgan fingerprint density at radius 2 is 1.86 bits per heavy atom. The summed E-state index contributed by atoms with van der Waals surface area (Å²) in [5.74, 6) is 1.22. The van der Waals surface area contributed by atoms with E-state index in [9.17, 15) is 4.39 Å². The summed E-state index contributed by atoms with van der Waals surface area (Å²) in [6.07, 6.45) is 5.07. The van der Waals surface area contributed by atoms with E-state index in [2.05, 4.69) is 20.1 Å². The first kappa shape index (κ1) is 18.4. The van der Waals surface area contributed by atoms with Crippen LogP contribution in [0.25, 0.3) is 16.7 Å².